The molecule has 1 atom stereocenters. The third-order valence-electron chi connectivity index (χ3n) is 3.38. The topological polar surface area (TPSA) is 26.0 Å². The maximum Gasteiger partial charge on any atom is 0.123 e. The molecule has 2 aromatic carbocycles. The van der Waals surface area contributed by atoms with Gasteiger partial charge in [-0.25, -0.2) is 8.78 Å². The first-order valence-corrected chi connectivity index (χ1v) is 6.30. The van der Waals surface area contributed by atoms with E-state index in [1.807, 2.05) is 13.0 Å². The molecular formula is C16H17F2N. The summed E-state index contributed by atoms with van der Waals surface area (Å²) in [5, 5.41) is 0. The lowest BCUT2D eigenvalue weighted by molar-refractivity contribution is 0.614. The van der Waals surface area contributed by atoms with Gasteiger partial charge >= 0.3 is 0 Å². The summed E-state index contributed by atoms with van der Waals surface area (Å²) in [6.07, 6.45) is 0.687. The van der Waals surface area contributed by atoms with Crippen LogP contribution in [0.1, 0.15) is 22.6 Å². The second kappa shape index (κ2) is 5.93. The van der Waals surface area contributed by atoms with Gasteiger partial charge in [0.15, 0.2) is 0 Å². The van der Waals surface area contributed by atoms with E-state index in [9.17, 15) is 8.78 Å². The second-order valence-electron chi connectivity index (χ2n) is 4.76. The van der Waals surface area contributed by atoms with Crippen LogP contribution in [0.2, 0.25) is 0 Å². The Bertz CT molecular complexity index is 566. The molecule has 2 aromatic rings. The fraction of sp³-hybridized carbons (Fsp3) is 0.250. The monoisotopic (exact) mass is 261 g/mol. The third kappa shape index (κ3) is 3.38. The molecule has 0 saturated heterocycles. The first-order valence-electron chi connectivity index (χ1n) is 6.30. The van der Waals surface area contributed by atoms with Crippen LogP contribution in [0.15, 0.2) is 42.5 Å². The van der Waals surface area contributed by atoms with Crippen molar-refractivity contribution in [3.8, 4) is 0 Å². The van der Waals surface area contributed by atoms with Crippen LogP contribution in [-0.4, -0.2) is 6.54 Å². The minimum absolute atomic E-state index is 0.0415. The van der Waals surface area contributed by atoms with Gasteiger partial charge in [-0.1, -0.05) is 18.2 Å². The molecule has 0 fully saturated rings. The highest BCUT2D eigenvalue weighted by molar-refractivity contribution is 5.30. The summed E-state index contributed by atoms with van der Waals surface area (Å²) in [4.78, 5) is 0. The average Bonchev–Trinajstić information content (AvgIpc) is 2.38. The molecule has 0 aliphatic heterocycles. The van der Waals surface area contributed by atoms with Crippen molar-refractivity contribution in [1.29, 1.82) is 0 Å². The van der Waals surface area contributed by atoms with Gasteiger partial charge in [-0.3, -0.25) is 0 Å². The maximum absolute atomic E-state index is 13.2. The smallest absolute Gasteiger partial charge is 0.123 e. The third-order valence-corrected chi connectivity index (χ3v) is 3.38. The molecule has 3 heteroatoms. The highest BCUT2D eigenvalue weighted by Crippen LogP contribution is 2.23. The van der Waals surface area contributed by atoms with Crippen molar-refractivity contribution in [1.82, 2.24) is 0 Å². The van der Waals surface area contributed by atoms with Crippen molar-refractivity contribution >= 4 is 0 Å². The highest BCUT2D eigenvalue weighted by atomic mass is 19.1. The fourth-order valence-corrected chi connectivity index (χ4v) is 2.25. The summed E-state index contributed by atoms with van der Waals surface area (Å²) < 4.78 is 26.3. The van der Waals surface area contributed by atoms with Gasteiger partial charge in [0.05, 0.1) is 0 Å². The average molecular weight is 261 g/mol. The maximum atomic E-state index is 13.2. The Kier molecular flexibility index (Phi) is 4.27. The van der Waals surface area contributed by atoms with Gasteiger partial charge in [0, 0.05) is 5.92 Å². The minimum Gasteiger partial charge on any atom is -0.330 e. The lowest BCUT2D eigenvalue weighted by Crippen LogP contribution is -2.15. The molecule has 0 saturated carbocycles. The molecule has 0 aliphatic carbocycles. The Labute approximate surface area is 112 Å². The molecule has 0 aromatic heterocycles. The summed E-state index contributed by atoms with van der Waals surface area (Å²) in [6, 6.07) is 11.2. The number of aryl methyl sites for hydroxylation is 1. The van der Waals surface area contributed by atoms with Gasteiger partial charge in [0.2, 0.25) is 0 Å². The van der Waals surface area contributed by atoms with Crippen LogP contribution in [0.25, 0.3) is 0 Å². The number of benzene rings is 2. The second-order valence-corrected chi connectivity index (χ2v) is 4.76. The molecule has 1 unspecified atom stereocenters. The Morgan fingerprint density at radius 3 is 2.42 bits per heavy atom. The fourth-order valence-electron chi connectivity index (χ4n) is 2.25. The van der Waals surface area contributed by atoms with Crippen molar-refractivity contribution in [3.63, 3.8) is 0 Å². The molecule has 0 bridgehead atoms. The van der Waals surface area contributed by atoms with E-state index in [0.29, 0.717) is 13.0 Å². The summed E-state index contributed by atoms with van der Waals surface area (Å²) in [6.45, 7) is 2.30. The van der Waals surface area contributed by atoms with Crippen LogP contribution in [0.4, 0.5) is 8.78 Å². The number of halogens is 2. The Morgan fingerprint density at radius 2 is 1.79 bits per heavy atom. The van der Waals surface area contributed by atoms with Crippen LogP contribution in [-0.2, 0) is 6.42 Å². The van der Waals surface area contributed by atoms with Gasteiger partial charge in [-0.2, -0.15) is 0 Å². The molecular weight excluding hydrogens is 244 g/mol. The summed E-state index contributed by atoms with van der Waals surface area (Å²) in [5.74, 6) is -0.456. The zero-order chi connectivity index (χ0) is 13.8. The van der Waals surface area contributed by atoms with Crippen molar-refractivity contribution < 1.29 is 8.78 Å². The predicted molar refractivity (Wildman–Crippen MR) is 73.0 cm³/mol. The van der Waals surface area contributed by atoms with Crippen LogP contribution in [0, 0.1) is 18.6 Å². The SMILES string of the molecule is Cc1cc(F)ccc1CC(CN)c1cccc(F)c1. The molecule has 0 aliphatic rings. The number of rotatable bonds is 4. The van der Waals surface area contributed by atoms with E-state index in [2.05, 4.69) is 0 Å². The molecule has 0 radical (unpaired) electrons. The van der Waals surface area contributed by atoms with Gasteiger partial charge in [-0.05, 0) is 60.8 Å². The number of hydrogen-bond donors (Lipinski definition) is 1. The van der Waals surface area contributed by atoms with E-state index < -0.39 is 0 Å². The van der Waals surface area contributed by atoms with Gasteiger partial charge < -0.3 is 5.73 Å². The van der Waals surface area contributed by atoms with Crippen molar-refractivity contribution in [2.45, 2.75) is 19.3 Å². The minimum atomic E-state index is -0.258. The first kappa shape index (κ1) is 13.7. The van der Waals surface area contributed by atoms with E-state index in [4.69, 9.17) is 5.73 Å². The molecule has 100 valence electrons. The van der Waals surface area contributed by atoms with Gasteiger partial charge in [0.1, 0.15) is 11.6 Å². The molecule has 2 N–H and O–H groups in total. The standard InChI is InChI=1S/C16H17F2N/c1-11-7-16(18)6-5-12(11)8-14(10-19)13-3-2-4-15(17)9-13/h2-7,9,14H,8,10,19H2,1H3. The van der Waals surface area contributed by atoms with E-state index in [0.717, 1.165) is 16.7 Å². The molecule has 0 amide bonds. The van der Waals surface area contributed by atoms with Crippen molar-refractivity contribution in [2.24, 2.45) is 5.73 Å². The first-order chi connectivity index (χ1) is 9.10. The lowest BCUT2D eigenvalue weighted by Gasteiger charge is -2.17. The van der Waals surface area contributed by atoms with Gasteiger partial charge in [-0.15, -0.1) is 0 Å². The predicted octanol–water partition coefficient (Wildman–Crippen LogP) is 3.56. The Hall–Kier alpha value is -1.74. The summed E-state index contributed by atoms with van der Waals surface area (Å²) in [7, 11) is 0. The zero-order valence-corrected chi connectivity index (χ0v) is 10.9. The Balaban J connectivity index is 2.24. The Morgan fingerprint density at radius 1 is 1.05 bits per heavy atom. The van der Waals surface area contributed by atoms with Crippen LogP contribution in [0.5, 0.6) is 0 Å². The molecule has 2 rings (SSSR count). The quantitative estimate of drug-likeness (QED) is 0.894. The van der Waals surface area contributed by atoms with Crippen molar-refractivity contribution in [2.75, 3.05) is 6.54 Å². The molecule has 0 spiro atoms. The zero-order valence-electron chi connectivity index (χ0n) is 10.9. The van der Waals surface area contributed by atoms with E-state index in [1.165, 1.54) is 24.3 Å². The van der Waals surface area contributed by atoms with Gasteiger partial charge in [0.25, 0.3) is 0 Å². The highest BCUT2D eigenvalue weighted by Gasteiger charge is 2.13. The van der Waals surface area contributed by atoms with Crippen LogP contribution >= 0.6 is 0 Å². The summed E-state index contributed by atoms with van der Waals surface area (Å²) >= 11 is 0. The van der Waals surface area contributed by atoms with E-state index in [-0.39, 0.29) is 17.6 Å². The molecule has 19 heavy (non-hydrogen) atoms. The normalized spacial score (nSPS) is 12.4. The number of hydrogen-bond acceptors (Lipinski definition) is 1. The number of nitrogens with two attached hydrogens (primary N) is 1. The van der Waals surface area contributed by atoms with E-state index in [1.54, 1.807) is 12.1 Å². The largest absolute Gasteiger partial charge is 0.330 e. The van der Waals surface area contributed by atoms with Crippen LogP contribution < -0.4 is 5.73 Å². The molecule has 1 nitrogen and oxygen atoms in total. The lowest BCUT2D eigenvalue weighted by atomic mass is 9.90. The summed E-state index contributed by atoms with van der Waals surface area (Å²) in [5.41, 5.74) is 8.61. The van der Waals surface area contributed by atoms with Crippen LogP contribution in [0.3, 0.4) is 0 Å². The molecule has 0 heterocycles. The van der Waals surface area contributed by atoms with E-state index >= 15 is 0 Å². The van der Waals surface area contributed by atoms with Crippen molar-refractivity contribution in [3.05, 3.63) is 70.8 Å².